The Balaban J connectivity index is 3.33. The van der Waals surface area contributed by atoms with Gasteiger partial charge in [-0.3, -0.25) is 0 Å². The molecule has 0 aliphatic carbocycles. The number of nitrogen functional groups attached to an aromatic ring is 1. The molecule has 0 spiro atoms. The lowest BCUT2D eigenvalue weighted by Crippen LogP contribution is -2.00. The molecule has 1 aromatic heterocycles. The second kappa shape index (κ2) is 3.66. The Bertz CT molecular complexity index is 373. The van der Waals surface area contributed by atoms with E-state index in [0.717, 1.165) is 0 Å². The number of hydrogen-bond acceptors (Lipinski definition) is 3. The standard InChI is InChI=1S/C7H4BrF2N3/c8-3-1-4(12)5(2-11)13-6(3)7(9)10/h1,7H,12H2. The van der Waals surface area contributed by atoms with Crippen LogP contribution in [0, 0.1) is 11.3 Å². The molecule has 0 aliphatic heterocycles. The fourth-order valence-corrected chi connectivity index (χ4v) is 1.27. The Morgan fingerprint density at radius 2 is 2.23 bits per heavy atom. The van der Waals surface area contributed by atoms with Crippen LogP contribution in [0.5, 0.6) is 0 Å². The first kappa shape index (κ1) is 9.86. The molecule has 1 aromatic rings. The number of nitrogens with zero attached hydrogens (tertiary/aromatic N) is 2. The molecule has 0 unspecified atom stereocenters. The average Bonchev–Trinajstić information content (AvgIpc) is 2.03. The Morgan fingerprint density at radius 3 is 2.69 bits per heavy atom. The highest BCUT2D eigenvalue weighted by Gasteiger charge is 2.16. The van der Waals surface area contributed by atoms with Gasteiger partial charge >= 0.3 is 0 Å². The van der Waals surface area contributed by atoms with Crippen molar-refractivity contribution in [2.24, 2.45) is 0 Å². The SMILES string of the molecule is N#Cc1nc(C(F)F)c(Br)cc1N. The van der Waals surface area contributed by atoms with Crippen molar-refractivity contribution in [2.45, 2.75) is 6.43 Å². The summed E-state index contributed by atoms with van der Waals surface area (Å²) in [7, 11) is 0. The zero-order chi connectivity index (χ0) is 10.0. The quantitative estimate of drug-likeness (QED) is 0.828. The predicted octanol–water partition coefficient (Wildman–Crippen LogP) is 2.24. The highest BCUT2D eigenvalue weighted by Crippen LogP contribution is 2.27. The summed E-state index contributed by atoms with van der Waals surface area (Å²) in [5.41, 5.74) is 4.77. The number of hydrogen-bond donors (Lipinski definition) is 1. The van der Waals surface area contributed by atoms with Crippen LogP contribution in [-0.2, 0) is 0 Å². The number of alkyl halides is 2. The van der Waals surface area contributed by atoms with Gasteiger partial charge in [-0.1, -0.05) is 0 Å². The van der Waals surface area contributed by atoms with Gasteiger partial charge in [-0.05, 0) is 22.0 Å². The summed E-state index contributed by atoms with van der Waals surface area (Å²) >= 11 is 2.88. The second-order valence-electron chi connectivity index (χ2n) is 2.21. The number of aromatic nitrogens is 1. The fraction of sp³-hybridized carbons (Fsp3) is 0.143. The number of anilines is 1. The third-order valence-electron chi connectivity index (χ3n) is 1.35. The molecule has 6 heteroatoms. The Labute approximate surface area is 81.3 Å². The van der Waals surface area contributed by atoms with E-state index < -0.39 is 12.1 Å². The Morgan fingerprint density at radius 1 is 1.62 bits per heavy atom. The van der Waals surface area contributed by atoms with Crippen LogP contribution in [0.4, 0.5) is 14.5 Å². The molecule has 13 heavy (non-hydrogen) atoms. The third kappa shape index (κ3) is 1.92. The van der Waals surface area contributed by atoms with Crippen molar-refractivity contribution in [3.05, 3.63) is 21.9 Å². The topological polar surface area (TPSA) is 62.7 Å². The molecule has 0 aliphatic rings. The minimum absolute atomic E-state index is 0.0822. The van der Waals surface area contributed by atoms with E-state index in [9.17, 15) is 8.78 Å². The van der Waals surface area contributed by atoms with Gasteiger partial charge in [0.1, 0.15) is 11.8 Å². The van der Waals surface area contributed by atoms with E-state index in [2.05, 4.69) is 20.9 Å². The van der Waals surface area contributed by atoms with Gasteiger partial charge in [0.05, 0.1) is 5.69 Å². The van der Waals surface area contributed by atoms with Gasteiger partial charge in [0.15, 0.2) is 5.69 Å². The lowest BCUT2D eigenvalue weighted by atomic mass is 10.3. The molecule has 0 saturated carbocycles. The maximum absolute atomic E-state index is 12.2. The highest BCUT2D eigenvalue weighted by atomic mass is 79.9. The first-order valence-electron chi connectivity index (χ1n) is 3.20. The number of halogens is 3. The van der Waals surface area contributed by atoms with Crippen LogP contribution < -0.4 is 5.73 Å². The van der Waals surface area contributed by atoms with Gasteiger partial charge in [-0.2, -0.15) is 5.26 Å². The summed E-state index contributed by atoms with van der Waals surface area (Å²) < 4.78 is 24.6. The summed E-state index contributed by atoms with van der Waals surface area (Å²) in [4.78, 5) is 3.41. The van der Waals surface area contributed by atoms with Crippen LogP contribution >= 0.6 is 15.9 Å². The molecule has 0 radical (unpaired) electrons. The number of rotatable bonds is 1. The minimum atomic E-state index is -2.72. The highest BCUT2D eigenvalue weighted by molar-refractivity contribution is 9.10. The number of nitrogens with two attached hydrogens (primary N) is 1. The lowest BCUT2D eigenvalue weighted by molar-refractivity contribution is 0.145. The van der Waals surface area contributed by atoms with Crippen LogP contribution in [0.1, 0.15) is 17.8 Å². The van der Waals surface area contributed by atoms with Crippen molar-refractivity contribution in [1.82, 2.24) is 4.98 Å². The molecule has 1 rings (SSSR count). The molecule has 1 heterocycles. The Kier molecular flexibility index (Phi) is 2.78. The maximum Gasteiger partial charge on any atom is 0.281 e. The lowest BCUT2D eigenvalue weighted by Gasteiger charge is -2.04. The van der Waals surface area contributed by atoms with E-state index in [1.54, 1.807) is 6.07 Å². The average molecular weight is 248 g/mol. The molecule has 0 atom stereocenters. The van der Waals surface area contributed by atoms with Crippen molar-refractivity contribution >= 4 is 21.6 Å². The molecular formula is C7H4BrF2N3. The van der Waals surface area contributed by atoms with Crippen molar-refractivity contribution in [1.29, 1.82) is 5.26 Å². The Hall–Kier alpha value is -1.22. The van der Waals surface area contributed by atoms with Crippen molar-refractivity contribution in [3.63, 3.8) is 0 Å². The van der Waals surface area contributed by atoms with Gasteiger partial charge in [-0.25, -0.2) is 13.8 Å². The number of nitriles is 1. The van der Waals surface area contributed by atoms with E-state index in [1.807, 2.05) is 0 Å². The van der Waals surface area contributed by atoms with Gasteiger partial charge in [-0.15, -0.1) is 0 Å². The molecule has 0 bridgehead atoms. The smallest absolute Gasteiger partial charge is 0.281 e. The molecule has 0 aromatic carbocycles. The van der Waals surface area contributed by atoms with E-state index >= 15 is 0 Å². The second-order valence-corrected chi connectivity index (χ2v) is 3.06. The minimum Gasteiger partial charge on any atom is -0.396 e. The van der Waals surface area contributed by atoms with E-state index in [-0.39, 0.29) is 15.9 Å². The number of pyridine rings is 1. The third-order valence-corrected chi connectivity index (χ3v) is 1.98. The molecular weight excluding hydrogens is 244 g/mol. The van der Waals surface area contributed by atoms with Crippen molar-refractivity contribution < 1.29 is 8.78 Å². The predicted molar refractivity (Wildman–Crippen MR) is 46.0 cm³/mol. The summed E-state index contributed by atoms with van der Waals surface area (Å²) in [6.45, 7) is 0. The fourth-order valence-electron chi connectivity index (χ4n) is 0.760. The van der Waals surface area contributed by atoms with E-state index in [1.165, 1.54) is 6.07 Å². The zero-order valence-corrected chi connectivity index (χ0v) is 7.85. The summed E-state index contributed by atoms with van der Waals surface area (Å²) in [5, 5.41) is 8.46. The molecule has 2 N–H and O–H groups in total. The first-order chi connectivity index (χ1) is 6.06. The van der Waals surface area contributed by atoms with Crippen LogP contribution in [0.2, 0.25) is 0 Å². The molecule has 0 saturated heterocycles. The van der Waals surface area contributed by atoms with E-state index in [0.29, 0.717) is 0 Å². The zero-order valence-electron chi connectivity index (χ0n) is 6.26. The molecule has 0 amide bonds. The summed E-state index contributed by atoms with van der Waals surface area (Å²) in [5.74, 6) is 0. The summed E-state index contributed by atoms with van der Waals surface area (Å²) in [6.07, 6.45) is -2.72. The van der Waals surface area contributed by atoms with Crippen LogP contribution in [0.25, 0.3) is 0 Å². The molecule has 68 valence electrons. The van der Waals surface area contributed by atoms with Crippen LogP contribution in [-0.4, -0.2) is 4.98 Å². The monoisotopic (exact) mass is 247 g/mol. The van der Waals surface area contributed by atoms with E-state index in [4.69, 9.17) is 11.0 Å². The van der Waals surface area contributed by atoms with Crippen LogP contribution in [0.15, 0.2) is 10.5 Å². The molecule has 0 fully saturated rings. The van der Waals surface area contributed by atoms with Gasteiger partial charge in [0, 0.05) is 4.47 Å². The van der Waals surface area contributed by atoms with Gasteiger partial charge < -0.3 is 5.73 Å². The largest absolute Gasteiger partial charge is 0.396 e. The molecule has 3 nitrogen and oxygen atoms in total. The van der Waals surface area contributed by atoms with Gasteiger partial charge in [0.25, 0.3) is 6.43 Å². The summed E-state index contributed by atoms with van der Waals surface area (Å²) in [6, 6.07) is 2.87. The van der Waals surface area contributed by atoms with Gasteiger partial charge in [0.2, 0.25) is 0 Å². The van der Waals surface area contributed by atoms with Crippen molar-refractivity contribution in [3.8, 4) is 6.07 Å². The van der Waals surface area contributed by atoms with Crippen molar-refractivity contribution in [2.75, 3.05) is 5.73 Å². The van der Waals surface area contributed by atoms with Crippen LogP contribution in [0.3, 0.4) is 0 Å². The normalized spacial score (nSPS) is 10.1. The first-order valence-corrected chi connectivity index (χ1v) is 3.99. The maximum atomic E-state index is 12.2.